The lowest BCUT2D eigenvalue weighted by Crippen LogP contribution is -2.46. The number of esters is 1. The molecule has 0 radical (unpaired) electrons. The van der Waals surface area contributed by atoms with E-state index in [1.807, 2.05) is 6.92 Å². The molecule has 0 amide bonds. The van der Waals surface area contributed by atoms with Crippen molar-refractivity contribution in [3.05, 3.63) is 12.7 Å². The van der Waals surface area contributed by atoms with Gasteiger partial charge < -0.3 is 14.8 Å². The first-order valence-corrected chi connectivity index (χ1v) is 5.88. The molecule has 2 unspecified atom stereocenters. The smallest absolute Gasteiger partial charge is 0.323 e. The molecule has 0 saturated carbocycles. The van der Waals surface area contributed by atoms with Gasteiger partial charge in [-0.15, -0.1) is 6.58 Å². The van der Waals surface area contributed by atoms with E-state index in [1.165, 1.54) is 0 Å². The maximum Gasteiger partial charge on any atom is 0.323 e. The van der Waals surface area contributed by atoms with E-state index in [-0.39, 0.29) is 17.9 Å². The van der Waals surface area contributed by atoms with Crippen LogP contribution in [0.5, 0.6) is 0 Å². The van der Waals surface area contributed by atoms with Gasteiger partial charge in [-0.3, -0.25) is 4.79 Å². The second-order valence-electron chi connectivity index (χ2n) is 3.90. The van der Waals surface area contributed by atoms with Crippen LogP contribution >= 0.6 is 0 Å². The molecule has 4 heteroatoms. The lowest BCUT2D eigenvalue weighted by atomic mass is 9.93. The second-order valence-corrected chi connectivity index (χ2v) is 3.90. The zero-order valence-corrected chi connectivity index (χ0v) is 9.91. The molecule has 1 aliphatic rings. The van der Waals surface area contributed by atoms with Crippen molar-refractivity contribution in [1.82, 2.24) is 5.32 Å². The standard InChI is InChI=1S/C12H21NO3/c1-3-7-13-11(12(14)16-4-2)10-6-5-8-15-9-10/h3,10-11,13H,1,4-9H2,2H3. The Morgan fingerprint density at radius 2 is 2.56 bits per heavy atom. The predicted octanol–water partition coefficient (Wildman–Crippen LogP) is 1.12. The number of rotatable bonds is 6. The number of carbonyl (C=O) groups is 1. The molecule has 1 rings (SSSR count). The summed E-state index contributed by atoms with van der Waals surface area (Å²) >= 11 is 0. The molecule has 0 aromatic carbocycles. The van der Waals surface area contributed by atoms with Crippen molar-refractivity contribution in [3.63, 3.8) is 0 Å². The number of ether oxygens (including phenoxy) is 2. The Balaban J connectivity index is 2.53. The summed E-state index contributed by atoms with van der Waals surface area (Å²) in [7, 11) is 0. The van der Waals surface area contributed by atoms with E-state index < -0.39 is 0 Å². The zero-order chi connectivity index (χ0) is 11.8. The van der Waals surface area contributed by atoms with Gasteiger partial charge in [0.2, 0.25) is 0 Å². The molecular weight excluding hydrogens is 206 g/mol. The van der Waals surface area contributed by atoms with Crippen LogP contribution in [-0.2, 0) is 14.3 Å². The van der Waals surface area contributed by atoms with E-state index in [1.54, 1.807) is 6.08 Å². The molecular formula is C12H21NO3. The highest BCUT2D eigenvalue weighted by atomic mass is 16.5. The third-order valence-corrected chi connectivity index (χ3v) is 2.69. The first-order chi connectivity index (χ1) is 7.79. The van der Waals surface area contributed by atoms with E-state index in [0.29, 0.717) is 19.8 Å². The Morgan fingerprint density at radius 3 is 3.12 bits per heavy atom. The van der Waals surface area contributed by atoms with Crippen molar-refractivity contribution in [2.24, 2.45) is 5.92 Å². The van der Waals surface area contributed by atoms with Crippen LogP contribution in [0.25, 0.3) is 0 Å². The molecule has 16 heavy (non-hydrogen) atoms. The number of hydrogen-bond donors (Lipinski definition) is 1. The van der Waals surface area contributed by atoms with Gasteiger partial charge >= 0.3 is 5.97 Å². The van der Waals surface area contributed by atoms with Gasteiger partial charge in [0.05, 0.1) is 13.2 Å². The number of nitrogens with one attached hydrogen (secondary N) is 1. The Labute approximate surface area is 97.0 Å². The van der Waals surface area contributed by atoms with Gasteiger partial charge in [0.25, 0.3) is 0 Å². The summed E-state index contributed by atoms with van der Waals surface area (Å²) in [4.78, 5) is 11.8. The highest BCUT2D eigenvalue weighted by molar-refractivity contribution is 5.76. The molecule has 1 heterocycles. The van der Waals surface area contributed by atoms with Crippen molar-refractivity contribution in [2.45, 2.75) is 25.8 Å². The first-order valence-electron chi connectivity index (χ1n) is 5.88. The van der Waals surface area contributed by atoms with Gasteiger partial charge in [0.1, 0.15) is 6.04 Å². The summed E-state index contributed by atoms with van der Waals surface area (Å²) < 4.78 is 10.5. The minimum atomic E-state index is -0.266. The van der Waals surface area contributed by atoms with Crippen LogP contribution in [0.2, 0.25) is 0 Å². The Kier molecular flexibility index (Phi) is 6.11. The van der Waals surface area contributed by atoms with Crippen LogP contribution in [0, 0.1) is 5.92 Å². The third kappa shape index (κ3) is 3.94. The van der Waals surface area contributed by atoms with Gasteiger partial charge in [-0.25, -0.2) is 0 Å². The van der Waals surface area contributed by atoms with Crippen LogP contribution < -0.4 is 5.32 Å². The fourth-order valence-corrected chi connectivity index (χ4v) is 1.91. The largest absolute Gasteiger partial charge is 0.465 e. The van der Waals surface area contributed by atoms with Crippen LogP contribution in [0.4, 0.5) is 0 Å². The monoisotopic (exact) mass is 227 g/mol. The molecule has 2 atom stereocenters. The van der Waals surface area contributed by atoms with Crippen LogP contribution in [-0.4, -0.2) is 38.4 Å². The summed E-state index contributed by atoms with van der Waals surface area (Å²) in [6.45, 7) is 7.91. The van der Waals surface area contributed by atoms with E-state index in [2.05, 4.69) is 11.9 Å². The second kappa shape index (κ2) is 7.41. The first kappa shape index (κ1) is 13.2. The Morgan fingerprint density at radius 1 is 1.75 bits per heavy atom. The lowest BCUT2D eigenvalue weighted by Gasteiger charge is -2.29. The fourth-order valence-electron chi connectivity index (χ4n) is 1.91. The number of hydrogen-bond acceptors (Lipinski definition) is 4. The van der Waals surface area contributed by atoms with Gasteiger partial charge in [-0.1, -0.05) is 6.08 Å². The van der Waals surface area contributed by atoms with Crippen LogP contribution in [0.15, 0.2) is 12.7 Å². The van der Waals surface area contributed by atoms with Crippen LogP contribution in [0.3, 0.4) is 0 Å². The van der Waals surface area contributed by atoms with Crippen molar-refractivity contribution in [3.8, 4) is 0 Å². The maximum atomic E-state index is 11.8. The normalized spacial score (nSPS) is 22.4. The number of carbonyl (C=O) groups excluding carboxylic acids is 1. The summed E-state index contributed by atoms with van der Waals surface area (Å²) in [5, 5.41) is 3.15. The lowest BCUT2D eigenvalue weighted by molar-refractivity contribution is -0.148. The molecule has 1 aliphatic heterocycles. The van der Waals surface area contributed by atoms with E-state index in [0.717, 1.165) is 19.4 Å². The topological polar surface area (TPSA) is 47.6 Å². The molecule has 0 aromatic heterocycles. The van der Waals surface area contributed by atoms with Gasteiger partial charge in [-0.2, -0.15) is 0 Å². The fraction of sp³-hybridized carbons (Fsp3) is 0.750. The minimum Gasteiger partial charge on any atom is -0.465 e. The molecule has 0 aliphatic carbocycles. The summed E-state index contributed by atoms with van der Waals surface area (Å²) in [5.74, 6) is 0.0348. The van der Waals surface area contributed by atoms with E-state index >= 15 is 0 Å². The van der Waals surface area contributed by atoms with Crippen molar-refractivity contribution in [1.29, 1.82) is 0 Å². The van der Waals surface area contributed by atoms with Gasteiger partial charge in [-0.05, 0) is 19.8 Å². The molecule has 1 N–H and O–H groups in total. The quantitative estimate of drug-likeness (QED) is 0.545. The zero-order valence-electron chi connectivity index (χ0n) is 9.91. The summed E-state index contributed by atoms with van der Waals surface area (Å²) in [5.41, 5.74) is 0. The van der Waals surface area contributed by atoms with E-state index in [4.69, 9.17) is 9.47 Å². The predicted molar refractivity (Wildman–Crippen MR) is 62.2 cm³/mol. The molecule has 0 aromatic rings. The Bertz CT molecular complexity index is 224. The van der Waals surface area contributed by atoms with Crippen molar-refractivity contribution >= 4 is 5.97 Å². The average molecular weight is 227 g/mol. The van der Waals surface area contributed by atoms with Crippen molar-refractivity contribution < 1.29 is 14.3 Å². The maximum absolute atomic E-state index is 11.8. The summed E-state index contributed by atoms with van der Waals surface area (Å²) in [6, 6.07) is -0.266. The SMILES string of the molecule is C=CCNC(C(=O)OCC)C1CCCOC1. The average Bonchev–Trinajstić information content (AvgIpc) is 2.31. The molecule has 4 nitrogen and oxygen atoms in total. The molecule has 0 spiro atoms. The molecule has 1 fully saturated rings. The summed E-state index contributed by atoms with van der Waals surface area (Å²) in [6.07, 6.45) is 3.76. The Hall–Kier alpha value is -0.870. The van der Waals surface area contributed by atoms with Crippen molar-refractivity contribution in [2.75, 3.05) is 26.4 Å². The highest BCUT2D eigenvalue weighted by Crippen LogP contribution is 2.18. The van der Waals surface area contributed by atoms with E-state index in [9.17, 15) is 4.79 Å². The van der Waals surface area contributed by atoms with Crippen LogP contribution in [0.1, 0.15) is 19.8 Å². The third-order valence-electron chi connectivity index (χ3n) is 2.69. The van der Waals surface area contributed by atoms with Gasteiger partial charge in [0, 0.05) is 19.1 Å². The molecule has 0 bridgehead atoms. The highest BCUT2D eigenvalue weighted by Gasteiger charge is 2.30. The minimum absolute atomic E-state index is 0.181. The van der Waals surface area contributed by atoms with Gasteiger partial charge in [0.15, 0.2) is 0 Å². The molecule has 92 valence electrons. The molecule has 1 saturated heterocycles.